The van der Waals surface area contributed by atoms with E-state index in [0.717, 1.165) is 6.21 Å². The molecule has 0 aromatic rings. The minimum Gasteiger partial charge on any atom is -0.465 e. The van der Waals surface area contributed by atoms with Crippen molar-refractivity contribution in [1.29, 1.82) is 0 Å². The van der Waals surface area contributed by atoms with Crippen LogP contribution in [0, 0.1) is 0 Å². The molecular weight excluding hydrogens is 160 g/mol. The van der Waals surface area contributed by atoms with Gasteiger partial charge < -0.3 is 10.3 Å². The molecule has 0 fully saturated rings. The monoisotopic (exact) mass is 174 g/mol. The Hall–Kier alpha value is -1.26. The number of rotatable bonds is 2. The lowest BCUT2D eigenvalue weighted by atomic mass is 10.1. The molecule has 0 spiro atoms. The first-order valence-corrected chi connectivity index (χ1v) is 3.56. The fraction of sp³-hybridized carbons (Fsp3) is 0.714. The molecule has 0 radical (unpaired) electrons. The molecule has 0 aliphatic rings. The van der Waals surface area contributed by atoms with E-state index in [4.69, 9.17) is 10.3 Å². The molecule has 0 atom stereocenters. The van der Waals surface area contributed by atoms with Gasteiger partial charge in [0.2, 0.25) is 0 Å². The van der Waals surface area contributed by atoms with E-state index in [1.807, 2.05) is 0 Å². The standard InChI is InChI=1S/C7H14N2O3/c1-7(2,3)9(6(10)11)5-4-8-12/h4,12H,5H2,1-3H3,(H,10,11)/b8-4+. The number of amides is 1. The highest BCUT2D eigenvalue weighted by Gasteiger charge is 2.24. The molecule has 0 aliphatic carbocycles. The van der Waals surface area contributed by atoms with Crippen LogP contribution in [-0.2, 0) is 0 Å². The van der Waals surface area contributed by atoms with Gasteiger partial charge in [-0.15, -0.1) is 5.16 Å². The molecule has 0 bridgehead atoms. The van der Waals surface area contributed by atoms with Crippen LogP contribution in [0.25, 0.3) is 0 Å². The highest BCUT2D eigenvalue weighted by molar-refractivity contribution is 5.71. The van der Waals surface area contributed by atoms with Gasteiger partial charge in [0.25, 0.3) is 0 Å². The lowest BCUT2D eigenvalue weighted by Gasteiger charge is -2.31. The first kappa shape index (κ1) is 10.7. The molecule has 70 valence electrons. The molecule has 0 rings (SSSR count). The minimum atomic E-state index is -1.03. The lowest BCUT2D eigenvalue weighted by Crippen LogP contribution is -2.45. The SMILES string of the molecule is CC(C)(C)N(C/C=N/O)C(=O)O. The van der Waals surface area contributed by atoms with Gasteiger partial charge in [-0.2, -0.15) is 0 Å². The maximum Gasteiger partial charge on any atom is 0.408 e. The quantitative estimate of drug-likeness (QED) is 0.375. The van der Waals surface area contributed by atoms with E-state index in [0.29, 0.717) is 0 Å². The van der Waals surface area contributed by atoms with Gasteiger partial charge in [0.1, 0.15) is 0 Å². The number of oxime groups is 1. The number of carboxylic acid groups (broad SMARTS) is 1. The summed E-state index contributed by atoms with van der Waals surface area (Å²) in [7, 11) is 0. The van der Waals surface area contributed by atoms with Crippen LogP contribution in [0.15, 0.2) is 5.16 Å². The van der Waals surface area contributed by atoms with Crippen LogP contribution >= 0.6 is 0 Å². The van der Waals surface area contributed by atoms with Gasteiger partial charge >= 0.3 is 6.09 Å². The van der Waals surface area contributed by atoms with E-state index in [1.54, 1.807) is 20.8 Å². The fourth-order valence-electron chi connectivity index (χ4n) is 0.757. The average Bonchev–Trinajstić information content (AvgIpc) is 1.84. The van der Waals surface area contributed by atoms with E-state index in [-0.39, 0.29) is 6.54 Å². The highest BCUT2D eigenvalue weighted by Crippen LogP contribution is 2.11. The van der Waals surface area contributed by atoms with Gasteiger partial charge in [-0.3, -0.25) is 4.90 Å². The molecule has 0 saturated heterocycles. The molecule has 2 N–H and O–H groups in total. The fourth-order valence-corrected chi connectivity index (χ4v) is 0.757. The Kier molecular flexibility index (Phi) is 3.53. The Bertz CT molecular complexity index is 184. The summed E-state index contributed by atoms with van der Waals surface area (Å²) in [5, 5.41) is 19.6. The first-order chi connectivity index (χ1) is 5.39. The van der Waals surface area contributed by atoms with Crippen LogP contribution < -0.4 is 0 Å². The second-order valence-electron chi connectivity index (χ2n) is 3.36. The third-order valence-electron chi connectivity index (χ3n) is 1.39. The van der Waals surface area contributed by atoms with Crippen LogP contribution in [0.3, 0.4) is 0 Å². The summed E-state index contributed by atoms with van der Waals surface area (Å²) in [5.41, 5.74) is -0.479. The van der Waals surface area contributed by atoms with Crippen molar-refractivity contribution in [1.82, 2.24) is 4.90 Å². The van der Waals surface area contributed by atoms with E-state index >= 15 is 0 Å². The van der Waals surface area contributed by atoms with Crippen molar-refractivity contribution >= 4 is 12.3 Å². The summed E-state index contributed by atoms with van der Waals surface area (Å²) in [4.78, 5) is 11.8. The molecule has 5 nitrogen and oxygen atoms in total. The first-order valence-electron chi connectivity index (χ1n) is 3.56. The second kappa shape index (κ2) is 3.94. The van der Waals surface area contributed by atoms with Crippen molar-refractivity contribution in [3.63, 3.8) is 0 Å². The molecule has 0 aliphatic heterocycles. The Morgan fingerprint density at radius 2 is 2.08 bits per heavy atom. The van der Waals surface area contributed by atoms with Crippen molar-refractivity contribution in [2.75, 3.05) is 6.54 Å². The van der Waals surface area contributed by atoms with Crippen LogP contribution in [0.4, 0.5) is 4.79 Å². The highest BCUT2D eigenvalue weighted by atomic mass is 16.4. The Balaban J connectivity index is 4.35. The largest absolute Gasteiger partial charge is 0.465 e. The number of hydrogen-bond donors (Lipinski definition) is 2. The zero-order valence-corrected chi connectivity index (χ0v) is 7.48. The van der Waals surface area contributed by atoms with Crippen LogP contribution in [-0.4, -0.2) is 39.6 Å². The zero-order chi connectivity index (χ0) is 9.78. The van der Waals surface area contributed by atoms with E-state index in [2.05, 4.69) is 5.16 Å². The molecule has 0 saturated carbocycles. The average molecular weight is 174 g/mol. The smallest absolute Gasteiger partial charge is 0.408 e. The van der Waals surface area contributed by atoms with Gasteiger partial charge in [0.15, 0.2) is 0 Å². The predicted octanol–water partition coefficient (Wildman–Crippen LogP) is 1.22. The third kappa shape index (κ3) is 3.23. The van der Waals surface area contributed by atoms with Gasteiger partial charge in [0, 0.05) is 5.54 Å². The minimum absolute atomic E-state index is 0.0926. The summed E-state index contributed by atoms with van der Waals surface area (Å²) in [6.07, 6.45) is 0.113. The van der Waals surface area contributed by atoms with Crippen LogP contribution in [0.2, 0.25) is 0 Å². The van der Waals surface area contributed by atoms with Crippen LogP contribution in [0.5, 0.6) is 0 Å². The third-order valence-corrected chi connectivity index (χ3v) is 1.39. The Morgan fingerprint density at radius 1 is 1.58 bits per heavy atom. The second-order valence-corrected chi connectivity index (χ2v) is 3.36. The van der Waals surface area contributed by atoms with E-state index < -0.39 is 11.6 Å². The maximum absolute atomic E-state index is 10.6. The van der Waals surface area contributed by atoms with Gasteiger partial charge in [-0.25, -0.2) is 4.79 Å². The molecule has 12 heavy (non-hydrogen) atoms. The summed E-state index contributed by atoms with van der Waals surface area (Å²) < 4.78 is 0. The van der Waals surface area contributed by atoms with E-state index in [1.165, 1.54) is 4.90 Å². The van der Waals surface area contributed by atoms with Gasteiger partial charge in [0.05, 0.1) is 12.8 Å². The predicted molar refractivity (Wildman–Crippen MR) is 44.8 cm³/mol. The molecular formula is C7H14N2O3. The summed E-state index contributed by atoms with van der Waals surface area (Å²) in [5.74, 6) is 0. The molecule has 1 amide bonds. The lowest BCUT2D eigenvalue weighted by molar-refractivity contribution is 0.111. The summed E-state index contributed by atoms with van der Waals surface area (Å²) in [6.45, 7) is 5.40. The summed E-state index contributed by atoms with van der Waals surface area (Å²) in [6, 6.07) is 0. The Labute approximate surface area is 71.3 Å². The van der Waals surface area contributed by atoms with E-state index in [9.17, 15) is 4.79 Å². The zero-order valence-electron chi connectivity index (χ0n) is 7.48. The van der Waals surface area contributed by atoms with Gasteiger partial charge in [-0.1, -0.05) is 0 Å². The molecule has 5 heteroatoms. The summed E-state index contributed by atoms with van der Waals surface area (Å²) >= 11 is 0. The number of carbonyl (C=O) groups is 1. The molecule has 0 unspecified atom stereocenters. The number of nitrogens with zero attached hydrogens (tertiary/aromatic N) is 2. The van der Waals surface area contributed by atoms with Crippen molar-refractivity contribution in [2.45, 2.75) is 26.3 Å². The van der Waals surface area contributed by atoms with Crippen molar-refractivity contribution in [3.05, 3.63) is 0 Å². The van der Waals surface area contributed by atoms with Crippen molar-refractivity contribution in [3.8, 4) is 0 Å². The topological polar surface area (TPSA) is 73.1 Å². The molecule has 0 aromatic carbocycles. The molecule has 0 heterocycles. The Morgan fingerprint density at radius 3 is 2.33 bits per heavy atom. The normalized spacial score (nSPS) is 11.9. The van der Waals surface area contributed by atoms with Gasteiger partial charge in [-0.05, 0) is 20.8 Å². The van der Waals surface area contributed by atoms with Crippen LogP contribution in [0.1, 0.15) is 20.8 Å². The maximum atomic E-state index is 10.6. The molecule has 0 aromatic heterocycles. The van der Waals surface area contributed by atoms with Crippen molar-refractivity contribution < 1.29 is 15.1 Å². The number of hydrogen-bond acceptors (Lipinski definition) is 3. The van der Waals surface area contributed by atoms with Crippen molar-refractivity contribution in [2.24, 2.45) is 5.16 Å².